The van der Waals surface area contributed by atoms with E-state index in [2.05, 4.69) is 0 Å². The molecule has 5 heteroatoms. The van der Waals surface area contributed by atoms with Crippen LogP contribution < -0.4 is 4.74 Å². The molecule has 0 unspecified atom stereocenters. The molecule has 30 heavy (non-hydrogen) atoms. The van der Waals surface area contributed by atoms with E-state index in [4.69, 9.17) is 4.74 Å². The molecular weight excluding hydrogens is 376 g/mol. The topological polar surface area (TPSA) is 55.6 Å². The summed E-state index contributed by atoms with van der Waals surface area (Å²) in [5.74, 6) is 0.737. The molecule has 0 bridgehead atoms. The lowest BCUT2D eigenvalue weighted by Gasteiger charge is -2.41. The zero-order chi connectivity index (χ0) is 20.7. The molecular formula is C25H22N2O3. The standard InChI is InChI=1S/C25H22N2O3/c1-30-20-12-10-18(11-13-20)23-16-19-7-3-5-9-22(19)25(27(23)29)24-21-8-4-2-6-17(21)14-15-26(24)28/h2,4,6,8,10-16H,3,5,7,9H2,1H3. The number of allylic oxidation sites excluding steroid dienone is 3. The van der Waals surface area contributed by atoms with Gasteiger partial charge in [0.1, 0.15) is 11.4 Å². The number of rotatable bonds is 2. The predicted octanol–water partition coefficient (Wildman–Crippen LogP) is 5.85. The minimum atomic E-state index is 0.427. The van der Waals surface area contributed by atoms with Crippen molar-refractivity contribution in [2.45, 2.75) is 25.7 Å². The first-order chi connectivity index (χ1) is 14.7. The van der Waals surface area contributed by atoms with Gasteiger partial charge in [-0.15, -0.1) is 0 Å². The van der Waals surface area contributed by atoms with Crippen LogP contribution in [0.1, 0.15) is 42.4 Å². The van der Waals surface area contributed by atoms with Crippen molar-refractivity contribution in [3.63, 3.8) is 0 Å². The smallest absolute Gasteiger partial charge is 0.293 e. The fourth-order valence-corrected chi connectivity index (χ4v) is 4.46. The third-order valence-corrected chi connectivity index (χ3v) is 5.97. The molecule has 1 aliphatic carbocycles. The summed E-state index contributed by atoms with van der Waals surface area (Å²) >= 11 is 0. The molecule has 150 valence electrons. The van der Waals surface area contributed by atoms with Crippen LogP contribution in [0.3, 0.4) is 0 Å². The Kier molecular flexibility index (Phi) is 4.60. The normalized spacial score (nSPS) is 20.7. The molecule has 0 spiro atoms. The number of methoxy groups -OCH3 is 1. The maximum Gasteiger partial charge on any atom is 0.293 e. The average molecular weight is 398 g/mol. The second kappa shape index (κ2) is 7.43. The highest BCUT2D eigenvalue weighted by Crippen LogP contribution is 2.45. The summed E-state index contributed by atoms with van der Waals surface area (Å²) in [6.07, 6.45) is 9.10. The number of hydroxylamine groups is 2. The Balaban J connectivity index is 1.73. The molecule has 2 aromatic rings. The summed E-state index contributed by atoms with van der Waals surface area (Å²) in [7, 11) is 1.62. The first-order valence-corrected chi connectivity index (χ1v) is 10.2. The van der Waals surface area contributed by atoms with E-state index in [9.17, 15) is 10.1 Å². The molecule has 0 N–H and O–H groups in total. The molecule has 2 aliphatic heterocycles. The summed E-state index contributed by atoms with van der Waals surface area (Å²) in [5.41, 5.74) is 6.15. The van der Waals surface area contributed by atoms with Crippen LogP contribution in [0.15, 0.2) is 77.7 Å². The van der Waals surface area contributed by atoms with Crippen LogP contribution in [0.25, 0.3) is 17.5 Å². The van der Waals surface area contributed by atoms with E-state index < -0.39 is 0 Å². The van der Waals surface area contributed by atoms with Gasteiger partial charge in [0.15, 0.2) is 0 Å². The van der Waals surface area contributed by atoms with Crippen LogP contribution in [0, 0.1) is 10.1 Å². The van der Waals surface area contributed by atoms with E-state index in [0.717, 1.165) is 69.1 Å². The SMILES string of the molecule is COc1ccc(C2=CC3=C(CCCC3)C(=C3c4ccccc4C=C[N+]3=O)N2[O-])cc1. The zero-order valence-electron chi connectivity index (χ0n) is 16.8. The maximum atomic E-state index is 13.7. The highest BCUT2D eigenvalue weighted by Gasteiger charge is 2.35. The van der Waals surface area contributed by atoms with Gasteiger partial charge in [-0.05, 0) is 84.4 Å². The van der Waals surface area contributed by atoms with Crippen LogP contribution in [0.2, 0.25) is 0 Å². The van der Waals surface area contributed by atoms with E-state index in [1.165, 1.54) is 6.20 Å². The minimum absolute atomic E-state index is 0.427. The Morgan fingerprint density at radius 2 is 1.80 bits per heavy atom. The molecule has 2 heterocycles. The number of benzene rings is 2. The van der Waals surface area contributed by atoms with Crippen molar-refractivity contribution in [2.24, 2.45) is 0 Å². The van der Waals surface area contributed by atoms with Crippen LogP contribution in [0.5, 0.6) is 5.75 Å². The van der Waals surface area contributed by atoms with Crippen molar-refractivity contribution in [2.75, 3.05) is 7.11 Å². The quantitative estimate of drug-likeness (QED) is 0.595. The molecule has 0 atom stereocenters. The highest BCUT2D eigenvalue weighted by molar-refractivity contribution is 5.82. The van der Waals surface area contributed by atoms with E-state index in [1.54, 1.807) is 13.2 Å². The molecule has 0 aromatic heterocycles. The van der Waals surface area contributed by atoms with Gasteiger partial charge in [0.2, 0.25) is 6.20 Å². The number of fused-ring (bicyclic) bond motifs is 1. The number of ether oxygens (including phenoxy) is 1. The van der Waals surface area contributed by atoms with Crippen molar-refractivity contribution in [3.05, 3.63) is 104 Å². The summed E-state index contributed by atoms with van der Waals surface area (Å²) in [6, 6.07) is 15.2. The minimum Gasteiger partial charge on any atom is -0.754 e. The lowest BCUT2D eigenvalue weighted by atomic mass is 9.84. The number of hydrogen-bond donors (Lipinski definition) is 0. The largest absolute Gasteiger partial charge is 0.754 e. The van der Waals surface area contributed by atoms with Crippen molar-refractivity contribution in [1.29, 1.82) is 0 Å². The molecule has 5 nitrogen and oxygen atoms in total. The number of nitroso groups, excluding NO2 is 1. The Morgan fingerprint density at radius 1 is 1.03 bits per heavy atom. The summed E-state index contributed by atoms with van der Waals surface area (Å²) < 4.78 is 6.09. The second-order valence-corrected chi connectivity index (χ2v) is 7.69. The van der Waals surface area contributed by atoms with Gasteiger partial charge < -0.3 is 15.0 Å². The molecule has 2 aromatic carbocycles. The maximum absolute atomic E-state index is 13.7. The Morgan fingerprint density at radius 3 is 2.60 bits per heavy atom. The van der Waals surface area contributed by atoms with E-state index in [0.29, 0.717) is 17.1 Å². The van der Waals surface area contributed by atoms with Gasteiger partial charge in [-0.3, -0.25) is 0 Å². The van der Waals surface area contributed by atoms with Gasteiger partial charge >= 0.3 is 0 Å². The first-order valence-electron chi connectivity index (χ1n) is 10.2. The summed E-state index contributed by atoms with van der Waals surface area (Å²) in [4.78, 5) is 13.0. The van der Waals surface area contributed by atoms with E-state index in [1.807, 2.05) is 54.6 Å². The fraction of sp³-hybridized carbons (Fsp3) is 0.200. The third-order valence-electron chi connectivity index (χ3n) is 5.97. The molecule has 0 amide bonds. The fourth-order valence-electron chi connectivity index (χ4n) is 4.46. The van der Waals surface area contributed by atoms with Crippen LogP contribution in [-0.4, -0.2) is 16.9 Å². The van der Waals surface area contributed by atoms with Gasteiger partial charge in [0.25, 0.3) is 5.70 Å². The van der Waals surface area contributed by atoms with Gasteiger partial charge in [-0.1, -0.05) is 18.2 Å². The van der Waals surface area contributed by atoms with E-state index in [-0.39, 0.29) is 0 Å². The number of hydrogen-bond acceptors (Lipinski definition) is 4. The average Bonchev–Trinajstić information content (AvgIpc) is 2.79. The second-order valence-electron chi connectivity index (χ2n) is 7.69. The Labute approximate surface area is 175 Å². The van der Waals surface area contributed by atoms with E-state index >= 15 is 0 Å². The summed E-state index contributed by atoms with van der Waals surface area (Å²) in [6.45, 7) is 0. The lowest BCUT2D eigenvalue weighted by Crippen LogP contribution is -2.26. The molecule has 5 rings (SSSR count). The van der Waals surface area contributed by atoms with Crippen molar-refractivity contribution in [3.8, 4) is 5.75 Å². The predicted molar refractivity (Wildman–Crippen MR) is 118 cm³/mol. The van der Waals surface area contributed by atoms with Crippen LogP contribution >= 0.6 is 0 Å². The Bertz CT molecular complexity index is 1150. The van der Waals surface area contributed by atoms with Gasteiger partial charge in [-0.25, -0.2) is 0 Å². The summed E-state index contributed by atoms with van der Waals surface area (Å²) in [5, 5.41) is 14.7. The molecule has 0 saturated heterocycles. The molecule has 3 aliphatic rings. The molecule has 0 radical (unpaired) electrons. The van der Waals surface area contributed by atoms with Crippen molar-refractivity contribution >= 4 is 17.5 Å². The van der Waals surface area contributed by atoms with Gasteiger partial charge in [-0.2, -0.15) is 0 Å². The van der Waals surface area contributed by atoms with Crippen LogP contribution in [-0.2, 0) is 0 Å². The van der Waals surface area contributed by atoms with Gasteiger partial charge in [0.05, 0.1) is 17.4 Å². The zero-order valence-corrected chi connectivity index (χ0v) is 16.8. The third kappa shape index (κ3) is 2.99. The van der Waals surface area contributed by atoms with Crippen molar-refractivity contribution < 1.29 is 9.50 Å². The van der Waals surface area contributed by atoms with Crippen LogP contribution in [0.4, 0.5) is 0 Å². The van der Waals surface area contributed by atoms with Gasteiger partial charge in [0, 0.05) is 16.7 Å². The number of nitrogens with zero attached hydrogens (tertiary/aromatic N) is 2. The highest BCUT2D eigenvalue weighted by atomic mass is 16.5. The Hall–Kier alpha value is -3.44. The molecule has 0 saturated carbocycles. The van der Waals surface area contributed by atoms with Crippen molar-refractivity contribution in [1.82, 2.24) is 5.06 Å². The lowest BCUT2D eigenvalue weighted by molar-refractivity contribution is -0.375. The first kappa shape index (κ1) is 18.6. The molecule has 0 fully saturated rings. The monoisotopic (exact) mass is 398 g/mol.